The molecular formula is C24H18ClN5O2. The predicted octanol–water partition coefficient (Wildman–Crippen LogP) is 5.60. The average Bonchev–Trinajstić information content (AvgIpc) is 3.39. The van der Waals surface area contributed by atoms with Crippen LogP contribution in [-0.4, -0.2) is 26.1 Å². The van der Waals surface area contributed by atoms with Crippen LogP contribution < -0.4 is 5.32 Å². The van der Waals surface area contributed by atoms with Crippen LogP contribution in [0.2, 0.25) is 5.02 Å². The summed E-state index contributed by atoms with van der Waals surface area (Å²) in [6.45, 7) is 3.80. The maximum absolute atomic E-state index is 12.7. The minimum absolute atomic E-state index is 0.258. The Balaban J connectivity index is 1.48. The fourth-order valence-electron chi connectivity index (χ4n) is 3.48. The molecule has 0 radical (unpaired) electrons. The summed E-state index contributed by atoms with van der Waals surface area (Å²) in [5.74, 6) is 0.319. The molecule has 0 saturated heterocycles. The van der Waals surface area contributed by atoms with Crippen molar-refractivity contribution in [2.45, 2.75) is 13.8 Å². The van der Waals surface area contributed by atoms with Crippen LogP contribution in [0.3, 0.4) is 0 Å². The highest BCUT2D eigenvalue weighted by molar-refractivity contribution is 6.30. The fraction of sp³-hybridized carbons (Fsp3) is 0.0833. The number of nitrogens with zero attached hydrogens (tertiary/aromatic N) is 4. The van der Waals surface area contributed by atoms with Crippen LogP contribution in [0.25, 0.3) is 27.9 Å². The molecular weight excluding hydrogens is 426 g/mol. The van der Waals surface area contributed by atoms with E-state index in [9.17, 15) is 4.79 Å². The molecule has 0 fully saturated rings. The molecule has 0 spiro atoms. The molecule has 0 saturated carbocycles. The summed E-state index contributed by atoms with van der Waals surface area (Å²) >= 11 is 6.00. The van der Waals surface area contributed by atoms with Gasteiger partial charge in [0.15, 0.2) is 11.5 Å². The maximum Gasteiger partial charge on any atom is 0.278 e. The molecule has 0 unspecified atom stereocenters. The number of aryl methyl sites for hydroxylation is 1. The van der Waals surface area contributed by atoms with E-state index in [2.05, 4.69) is 20.8 Å². The van der Waals surface area contributed by atoms with E-state index in [0.29, 0.717) is 27.7 Å². The lowest BCUT2D eigenvalue weighted by Gasteiger charge is -2.06. The van der Waals surface area contributed by atoms with E-state index in [1.807, 2.05) is 68.4 Å². The average molecular weight is 444 g/mol. The van der Waals surface area contributed by atoms with Gasteiger partial charge in [-0.3, -0.25) is 4.79 Å². The van der Waals surface area contributed by atoms with Gasteiger partial charge in [-0.05, 0) is 68.4 Å². The summed E-state index contributed by atoms with van der Waals surface area (Å²) in [4.78, 5) is 12.7. The van der Waals surface area contributed by atoms with Crippen LogP contribution in [0.4, 0.5) is 5.69 Å². The first-order chi connectivity index (χ1) is 15.5. The van der Waals surface area contributed by atoms with Crippen LogP contribution in [0.1, 0.15) is 21.7 Å². The Bertz CT molecular complexity index is 1440. The molecule has 0 aliphatic rings. The number of rotatable bonds is 4. The van der Waals surface area contributed by atoms with Crippen molar-refractivity contribution in [1.29, 1.82) is 0 Å². The number of nitrogens with one attached hydrogen (secondary N) is 1. The lowest BCUT2D eigenvalue weighted by molar-refractivity contribution is 0.102. The Labute approximate surface area is 188 Å². The Hall–Kier alpha value is -3.97. The van der Waals surface area contributed by atoms with E-state index >= 15 is 0 Å². The van der Waals surface area contributed by atoms with Gasteiger partial charge in [0.25, 0.3) is 5.91 Å². The molecule has 1 N–H and O–H groups in total. The van der Waals surface area contributed by atoms with Crippen molar-refractivity contribution in [3.8, 4) is 17.0 Å². The summed E-state index contributed by atoms with van der Waals surface area (Å²) in [7, 11) is 0. The van der Waals surface area contributed by atoms with Gasteiger partial charge in [0.05, 0.1) is 16.8 Å². The molecule has 0 aliphatic carbocycles. The molecule has 158 valence electrons. The maximum atomic E-state index is 12.7. The molecule has 3 aromatic carbocycles. The normalized spacial score (nSPS) is 11.1. The molecule has 5 aromatic rings. The minimum atomic E-state index is -0.314. The van der Waals surface area contributed by atoms with Gasteiger partial charge in [0.1, 0.15) is 5.52 Å². The van der Waals surface area contributed by atoms with Crippen molar-refractivity contribution in [2.24, 2.45) is 0 Å². The molecule has 7 nitrogen and oxygen atoms in total. The molecule has 0 aliphatic heterocycles. The standard InChI is InChI=1S/C24H18ClN5O2/c1-14-3-9-18(10-4-14)26-24(31)22-15(2)30(29-27-22)19-11-12-21-20(13-19)23(32-28-21)16-5-7-17(25)8-6-16/h3-13H,1-2H3,(H,26,31). The van der Waals surface area contributed by atoms with Crippen molar-refractivity contribution >= 4 is 34.1 Å². The molecule has 2 heterocycles. The highest BCUT2D eigenvalue weighted by Crippen LogP contribution is 2.31. The molecule has 8 heteroatoms. The monoisotopic (exact) mass is 443 g/mol. The Morgan fingerprint density at radius 3 is 2.50 bits per heavy atom. The summed E-state index contributed by atoms with van der Waals surface area (Å²) in [5.41, 5.74) is 5.03. The SMILES string of the molecule is Cc1ccc(NC(=O)c2nnn(-c3ccc4noc(-c5ccc(Cl)cc5)c4c3)c2C)cc1. The second kappa shape index (κ2) is 7.94. The van der Waals surface area contributed by atoms with Gasteiger partial charge in [0, 0.05) is 16.3 Å². The Kier molecular flexibility index (Phi) is 4.95. The number of benzene rings is 3. The fourth-order valence-corrected chi connectivity index (χ4v) is 3.61. The lowest BCUT2D eigenvalue weighted by Crippen LogP contribution is -2.14. The van der Waals surface area contributed by atoms with Crippen molar-refractivity contribution < 1.29 is 9.32 Å². The molecule has 0 atom stereocenters. The third-order valence-electron chi connectivity index (χ3n) is 5.23. The zero-order chi connectivity index (χ0) is 22.2. The smallest absolute Gasteiger partial charge is 0.278 e. The van der Waals surface area contributed by atoms with Gasteiger partial charge in [-0.1, -0.05) is 39.7 Å². The molecule has 1 amide bonds. The van der Waals surface area contributed by atoms with Crippen molar-refractivity contribution in [3.63, 3.8) is 0 Å². The Morgan fingerprint density at radius 1 is 1.00 bits per heavy atom. The van der Waals surface area contributed by atoms with E-state index < -0.39 is 0 Å². The van der Waals surface area contributed by atoms with Gasteiger partial charge in [-0.25, -0.2) is 4.68 Å². The van der Waals surface area contributed by atoms with E-state index in [1.54, 1.807) is 16.8 Å². The van der Waals surface area contributed by atoms with Crippen LogP contribution in [-0.2, 0) is 0 Å². The van der Waals surface area contributed by atoms with Crippen LogP contribution in [0.5, 0.6) is 0 Å². The van der Waals surface area contributed by atoms with Crippen LogP contribution in [0.15, 0.2) is 71.3 Å². The number of hydrogen-bond acceptors (Lipinski definition) is 5. The number of halogens is 1. The van der Waals surface area contributed by atoms with Crippen LogP contribution in [0, 0.1) is 13.8 Å². The third kappa shape index (κ3) is 3.63. The summed E-state index contributed by atoms with van der Waals surface area (Å²) < 4.78 is 7.20. The molecule has 32 heavy (non-hydrogen) atoms. The topological polar surface area (TPSA) is 85.8 Å². The second-order valence-corrected chi connectivity index (χ2v) is 7.91. The van der Waals surface area contributed by atoms with Gasteiger partial charge < -0.3 is 9.84 Å². The largest absolute Gasteiger partial charge is 0.355 e. The van der Waals surface area contributed by atoms with E-state index in [4.69, 9.17) is 16.1 Å². The molecule has 2 aromatic heterocycles. The highest BCUT2D eigenvalue weighted by Gasteiger charge is 2.19. The highest BCUT2D eigenvalue weighted by atomic mass is 35.5. The minimum Gasteiger partial charge on any atom is -0.355 e. The van der Waals surface area contributed by atoms with Crippen molar-refractivity contribution in [1.82, 2.24) is 20.2 Å². The zero-order valence-corrected chi connectivity index (χ0v) is 18.1. The van der Waals surface area contributed by atoms with Crippen molar-refractivity contribution in [3.05, 3.63) is 88.7 Å². The first-order valence-corrected chi connectivity index (χ1v) is 10.3. The number of aromatic nitrogens is 4. The van der Waals surface area contributed by atoms with Crippen LogP contribution >= 0.6 is 11.6 Å². The third-order valence-corrected chi connectivity index (χ3v) is 5.48. The number of amides is 1. The lowest BCUT2D eigenvalue weighted by atomic mass is 10.1. The Morgan fingerprint density at radius 2 is 1.75 bits per heavy atom. The number of carbonyl (C=O) groups excluding carboxylic acids is 1. The van der Waals surface area contributed by atoms with Gasteiger partial charge in [-0.2, -0.15) is 0 Å². The zero-order valence-electron chi connectivity index (χ0n) is 17.3. The van der Waals surface area contributed by atoms with E-state index in [-0.39, 0.29) is 11.6 Å². The van der Waals surface area contributed by atoms with Crippen molar-refractivity contribution in [2.75, 3.05) is 5.32 Å². The second-order valence-electron chi connectivity index (χ2n) is 7.48. The number of hydrogen-bond donors (Lipinski definition) is 1. The number of carbonyl (C=O) groups is 1. The summed E-state index contributed by atoms with van der Waals surface area (Å²) in [6.07, 6.45) is 0. The quantitative estimate of drug-likeness (QED) is 0.391. The summed E-state index contributed by atoms with van der Waals surface area (Å²) in [5, 5.41) is 16.8. The summed E-state index contributed by atoms with van der Waals surface area (Å²) in [6, 6.07) is 20.6. The first kappa shape index (κ1) is 20.0. The van der Waals surface area contributed by atoms with Gasteiger partial charge in [-0.15, -0.1) is 5.10 Å². The first-order valence-electron chi connectivity index (χ1n) is 9.96. The molecule has 0 bridgehead atoms. The molecule has 5 rings (SSSR count). The number of fused-ring (bicyclic) bond motifs is 1. The van der Waals surface area contributed by atoms with Gasteiger partial charge >= 0.3 is 0 Å². The van der Waals surface area contributed by atoms with E-state index in [0.717, 1.165) is 22.2 Å². The van der Waals surface area contributed by atoms with Gasteiger partial charge in [0.2, 0.25) is 0 Å². The van der Waals surface area contributed by atoms with E-state index in [1.165, 1.54) is 0 Å². The number of anilines is 1. The predicted molar refractivity (Wildman–Crippen MR) is 123 cm³/mol.